The SMILES string of the molecule is Cc1ccccc1C(=O)N1CCC(NS(=O)(=O)c2ccc(Cl)cc2)CC1. The van der Waals surface area contributed by atoms with Gasteiger partial charge in [-0.25, -0.2) is 13.1 Å². The Labute approximate surface area is 159 Å². The van der Waals surface area contributed by atoms with Gasteiger partial charge < -0.3 is 4.90 Å². The molecule has 2 aromatic carbocycles. The molecule has 0 bridgehead atoms. The summed E-state index contributed by atoms with van der Waals surface area (Å²) in [5.74, 6) is 0.00195. The molecule has 1 aliphatic rings. The Balaban J connectivity index is 1.61. The smallest absolute Gasteiger partial charge is 0.254 e. The number of sulfonamides is 1. The van der Waals surface area contributed by atoms with E-state index in [2.05, 4.69) is 4.72 Å². The van der Waals surface area contributed by atoms with Crippen LogP contribution in [0, 0.1) is 6.92 Å². The van der Waals surface area contributed by atoms with Crippen LogP contribution in [0.1, 0.15) is 28.8 Å². The van der Waals surface area contributed by atoms with E-state index < -0.39 is 10.0 Å². The highest BCUT2D eigenvalue weighted by molar-refractivity contribution is 7.89. The van der Waals surface area contributed by atoms with Crippen molar-refractivity contribution in [2.75, 3.05) is 13.1 Å². The third kappa shape index (κ3) is 4.26. The second kappa shape index (κ2) is 7.78. The first-order valence-electron chi connectivity index (χ1n) is 8.49. The third-order valence-corrected chi connectivity index (χ3v) is 6.39. The Hall–Kier alpha value is -1.89. The van der Waals surface area contributed by atoms with Crippen LogP contribution in [-0.4, -0.2) is 38.4 Å². The van der Waals surface area contributed by atoms with Crippen LogP contribution in [0.4, 0.5) is 0 Å². The summed E-state index contributed by atoms with van der Waals surface area (Å²) < 4.78 is 27.6. The normalized spacial score (nSPS) is 15.8. The maximum Gasteiger partial charge on any atom is 0.254 e. The lowest BCUT2D eigenvalue weighted by atomic mass is 10.0. The molecule has 5 nitrogen and oxygen atoms in total. The third-order valence-electron chi connectivity index (χ3n) is 4.60. The average Bonchev–Trinajstić information content (AvgIpc) is 2.62. The molecule has 3 rings (SSSR count). The van der Waals surface area contributed by atoms with Crippen molar-refractivity contribution in [2.24, 2.45) is 0 Å². The fraction of sp³-hybridized carbons (Fsp3) is 0.316. The minimum absolute atomic E-state index is 0.00195. The van der Waals surface area contributed by atoms with Crippen LogP contribution in [0.2, 0.25) is 5.02 Å². The van der Waals surface area contributed by atoms with E-state index in [1.807, 2.05) is 31.2 Å². The van der Waals surface area contributed by atoms with Crippen LogP contribution in [0.15, 0.2) is 53.4 Å². The van der Waals surface area contributed by atoms with Crippen LogP contribution in [0.25, 0.3) is 0 Å². The number of nitrogens with zero attached hydrogens (tertiary/aromatic N) is 1. The lowest BCUT2D eigenvalue weighted by molar-refractivity contribution is 0.0710. The summed E-state index contributed by atoms with van der Waals surface area (Å²) in [5.41, 5.74) is 1.65. The van der Waals surface area contributed by atoms with Gasteiger partial charge in [0.15, 0.2) is 0 Å². The summed E-state index contributed by atoms with van der Waals surface area (Å²) in [6, 6.07) is 13.4. The van der Waals surface area contributed by atoms with E-state index >= 15 is 0 Å². The van der Waals surface area contributed by atoms with Crippen molar-refractivity contribution in [3.05, 3.63) is 64.7 Å². The molecule has 26 heavy (non-hydrogen) atoms. The predicted octanol–water partition coefficient (Wildman–Crippen LogP) is 3.23. The van der Waals surface area contributed by atoms with Gasteiger partial charge in [-0.2, -0.15) is 0 Å². The first-order valence-corrected chi connectivity index (χ1v) is 10.4. The van der Waals surface area contributed by atoms with Gasteiger partial charge in [-0.3, -0.25) is 4.79 Å². The van der Waals surface area contributed by atoms with Crippen molar-refractivity contribution >= 4 is 27.5 Å². The fourth-order valence-corrected chi connectivity index (χ4v) is 4.52. The Bertz CT molecular complexity index is 889. The van der Waals surface area contributed by atoms with Crippen LogP contribution in [0.5, 0.6) is 0 Å². The van der Waals surface area contributed by atoms with Crippen LogP contribution < -0.4 is 4.72 Å². The maximum atomic E-state index is 12.6. The van der Waals surface area contributed by atoms with Gasteiger partial charge in [0.05, 0.1) is 4.90 Å². The molecule has 1 heterocycles. The van der Waals surface area contributed by atoms with Crippen molar-refractivity contribution in [1.82, 2.24) is 9.62 Å². The highest BCUT2D eigenvalue weighted by Gasteiger charge is 2.27. The quantitative estimate of drug-likeness (QED) is 0.868. The Kier molecular flexibility index (Phi) is 5.65. The highest BCUT2D eigenvalue weighted by Crippen LogP contribution is 2.19. The fourth-order valence-electron chi connectivity index (χ4n) is 3.08. The molecule has 1 fully saturated rings. The maximum absolute atomic E-state index is 12.6. The van der Waals surface area contributed by atoms with Gasteiger partial charge in [-0.15, -0.1) is 0 Å². The molecule has 138 valence electrons. The van der Waals surface area contributed by atoms with Gasteiger partial charge in [0.1, 0.15) is 0 Å². The molecule has 7 heteroatoms. The number of carbonyl (C=O) groups is 1. The van der Waals surface area contributed by atoms with E-state index in [4.69, 9.17) is 11.6 Å². The van der Waals surface area contributed by atoms with E-state index in [1.165, 1.54) is 12.1 Å². The zero-order valence-electron chi connectivity index (χ0n) is 14.5. The topological polar surface area (TPSA) is 66.5 Å². The molecule has 1 saturated heterocycles. The van der Waals surface area contributed by atoms with Crippen LogP contribution in [0.3, 0.4) is 0 Å². The van der Waals surface area contributed by atoms with E-state index in [0.717, 1.165) is 5.56 Å². The number of amides is 1. The van der Waals surface area contributed by atoms with Crippen molar-refractivity contribution in [2.45, 2.75) is 30.7 Å². The van der Waals surface area contributed by atoms with Gasteiger partial charge >= 0.3 is 0 Å². The lowest BCUT2D eigenvalue weighted by Gasteiger charge is -2.32. The predicted molar refractivity (Wildman–Crippen MR) is 102 cm³/mol. The number of piperidine rings is 1. The number of rotatable bonds is 4. The van der Waals surface area contributed by atoms with Crippen LogP contribution >= 0.6 is 11.6 Å². The van der Waals surface area contributed by atoms with Gasteiger partial charge in [-0.05, 0) is 55.7 Å². The minimum Gasteiger partial charge on any atom is -0.339 e. The number of likely N-dealkylation sites (tertiary alicyclic amines) is 1. The first-order chi connectivity index (χ1) is 12.4. The van der Waals surface area contributed by atoms with Crippen molar-refractivity contribution in [3.63, 3.8) is 0 Å². The Morgan fingerprint density at radius 3 is 2.31 bits per heavy atom. The second-order valence-electron chi connectivity index (χ2n) is 6.46. The summed E-state index contributed by atoms with van der Waals surface area (Å²) >= 11 is 5.81. The largest absolute Gasteiger partial charge is 0.339 e. The summed E-state index contributed by atoms with van der Waals surface area (Å²) in [5, 5.41) is 0.493. The van der Waals surface area contributed by atoms with E-state index in [0.29, 0.717) is 36.5 Å². The second-order valence-corrected chi connectivity index (χ2v) is 8.61. The number of nitrogens with one attached hydrogen (secondary N) is 1. The average molecular weight is 393 g/mol. The van der Waals surface area contributed by atoms with E-state index in [1.54, 1.807) is 17.0 Å². The van der Waals surface area contributed by atoms with Gasteiger partial charge in [0.2, 0.25) is 10.0 Å². The lowest BCUT2D eigenvalue weighted by Crippen LogP contribution is -2.46. The monoisotopic (exact) mass is 392 g/mol. The number of carbonyl (C=O) groups excluding carboxylic acids is 1. The number of halogens is 1. The molecule has 0 saturated carbocycles. The molecular weight excluding hydrogens is 372 g/mol. The first kappa shape index (κ1) is 18.9. The zero-order chi connectivity index (χ0) is 18.7. The van der Waals surface area contributed by atoms with E-state index in [-0.39, 0.29) is 16.8 Å². The highest BCUT2D eigenvalue weighted by atomic mass is 35.5. The molecule has 0 unspecified atom stereocenters. The number of hydrogen-bond donors (Lipinski definition) is 1. The molecule has 2 aromatic rings. The molecule has 0 atom stereocenters. The number of benzene rings is 2. The van der Waals surface area contributed by atoms with Gasteiger partial charge in [0, 0.05) is 29.7 Å². The molecule has 1 aliphatic heterocycles. The summed E-state index contributed by atoms with van der Waals surface area (Å²) in [6.07, 6.45) is 1.18. The Morgan fingerprint density at radius 2 is 1.69 bits per heavy atom. The van der Waals surface area contributed by atoms with Crippen molar-refractivity contribution in [1.29, 1.82) is 0 Å². The zero-order valence-corrected chi connectivity index (χ0v) is 16.1. The molecule has 0 spiro atoms. The standard InChI is InChI=1S/C19H21ClN2O3S/c1-14-4-2-3-5-18(14)19(23)22-12-10-16(11-13-22)21-26(24,25)17-8-6-15(20)7-9-17/h2-9,16,21H,10-13H2,1H3. The summed E-state index contributed by atoms with van der Waals surface area (Å²) in [4.78, 5) is 14.6. The van der Waals surface area contributed by atoms with Crippen LogP contribution in [-0.2, 0) is 10.0 Å². The number of hydrogen-bond acceptors (Lipinski definition) is 3. The molecule has 0 aromatic heterocycles. The summed E-state index contributed by atoms with van der Waals surface area (Å²) in [7, 11) is -3.59. The molecule has 0 radical (unpaired) electrons. The molecule has 1 N–H and O–H groups in total. The van der Waals surface area contributed by atoms with Crippen molar-refractivity contribution in [3.8, 4) is 0 Å². The molecular formula is C19H21ClN2O3S. The van der Waals surface area contributed by atoms with E-state index in [9.17, 15) is 13.2 Å². The minimum atomic E-state index is -3.59. The Morgan fingerprint density at radius 1 is 1.08 bits per heavy atom. The number of aryl methyl sites for hydroxylation is 1. The molecule has 0 aliphatic carbocycles. The van der Waals surface area contributed by atoms with Gasteiger partial charge in [-0.1, -0.05) is 29.8 Å². The van der Waals surface area contributed by atoms with Crippen molar-refractivity contribution < 1.29 is 13.2 Å². The van der Waals surface area contributed by atoms with Gasteiger partial charge in [0.25, 0.3) is 5.91 Å². The summed E-state index contributed by atoms with van der Waals surface area (Å²) in [6.45, 7) is 2.97. The molecule has 1 amide bonds.